The van der Waals surface area contributed by atoms with E-state index in [4.69, 9.17) is 5.73 Å². The molecule has 1 aliphatic carbocycles. The number of hydrogen-bond donors (Lipinski definition) is 1. The lowest BCUT2D eigenvalue weighted by molar-refractivity contribution is 0.178. The van der Waals surface area contributed by atoms with E-state index in [9.17, 15) is 0 Å². The molecule has 0 aromatic heterocycles. The Morgan fingerprint density at radius 3 is 2.09 bits per heavy atom. The van der Waals surface area contributed by atoms with Gasteiger partial charge in [0.1, 0.15) is 0 Å². The lowest BCUT2D eigenvalue weighted by Gasteiger charge is -2.39. The van der Waals surface area contributed by atoms with Crippen molar-refractivity contribution in [2.75, 3.05) is 0 Å². The predicted molar refractivity (Wildman–Crippen MR) is 49.4 cm³/mol. The fraction of sp³-hybridized carbons (Fsp3) is 1.00. The summed E-state index contributed by atoms with van der Waals surface area (Å²) in [5.41, 5.74) is 6.40. The maximum Gasteiger partial charge on any atom is 0.0156 e. The molecule has 0 aromatic rings. The third kappa shape index (κ3) is 2.19. The molecule has 1 fully saturated rings. The van der Waals surface area contributed by atoms with Gasteiger partial charge in [0.05, 0.1) is 0 Å². The number of nitrogens with two attached hydrogens (primary N) is 1. The zero-order valence-corrected chi connectivity index (χ0v) is 8.06. The van der Waals surface area contributed by atoms with Gasteiger partial charge in [-0.15, -0.1) is 0 Å². The van der Waals surface area contributed by atoms with Crippen LogP contribution in [0.2, 0.25) is 0 Å². The molecule has 2 N–H and O–H groups in total. The van der Waals surface area contributed by atoms with Crippen LogP contribution < -0.4 is 5.73 Å². The van der Waals surface area contributed by atoms with E-state index < -0.39 is 0 Å². The highest BCUT2D eigenvalue weighted by Crippen LogP contribution is 2.35. The first-order valence-corrected chi connectivity index (χ1v) is 4.84. The minimum atomic E-state index is 0.164. The van der Waals surface area contributed by atoms with Crippen LogP contribution in [0, 0.1) is 11.8 Å². The van der Waals surface area contributed by atoms with E-state index in [1.165, 1.54) is 19.3 Å². The summed E-state index contributed by atoms with van der Waals surface area (Å²) in [5, 5.41) is 0. The highest BCUT2D eigenvalue weighted by Gasteiger charge is 2.32. The van der Waals surface area contributed by atoms with E-state index in [0.29, 0.717) is 0 Å². The third-order valence-electron chi connectivity index (χ3n) is 3.02. The molecule has 0 spiro atoms. The fourth-order valence-electron chi connectivity index (χ4n) is 2.61. The molecule has 11 heavy (non-hydrogen) atoms. The lowest BCUT2D eigenvalue weighted by atomic mass is 9.71. The van der Waals surface area contributed by atoms with Crippen LogP contribution in [-0.4, -0.2) is 5.54 Å². The van der Waals surface area contributed by atoms with Crippen molar-refractivity contribution in [1.29, 1.82) is 0 Å². The van der Waals surface area contributed by atoms with Gasteiger partial charge < -0.3 is 5.73 Å². The largest absolute Gasteiger partial charge is 0.325 e. The Bertz CT molecular complexity index is 121. The smallest absolute Gasteiger partial charge is 0.0156 e. The molecule has 2 atom stereocenters. The van der Waals surface area contributed by atoms with Crippen LogP contribution in [0.15, 0.2) is 0 Å². The molecule has 1 nitrogen and oxygen atoms in total. The zero-order valence-electron chi connectivity index (χ0n) is 8.06. The molecule has 0 radical (unpaired) electrons. The SMILES string of the molecule is CCC1(N)CC(C)CC(C)C1. The lowest BCUT2D eigenvalue weighted by Crippen LogP contribution is -2.45. The Morgan fingerprint density at radius 2 is 1.73 bits per heavy atom. The Labute approximate surface area is 70.4 Å². The fourth-order valence-corrected chi connectivity index (χ4v) is 2.61. The Balaban J connectivity index is 2.55. The van der Waals surface area contributed by atoms with Gasteiger partial charge in [0.25, 0.3) is 0 Å². The van der Waals surface area contributed by atoms with Crippen molar-refractivity contribution >= 4 is 0 Å². The van der Waals surface area contributed by atoms with E-state index in [-0.39, 0.29) is 5.54 Å². The molecule has 0 aliphatic heterocycles. The van der Waals surface area contributed by atoms with Crippen molar-refractivity contribution in [3.05, 3.63) is 0 Å². The van der Waals surface area contributed by atoms with Gasteiger partial charge in [0, 0.05) is 5.54 Å². The van der Waals surface area contributed by atoms with Crippen LogP contribution in [0.4, 0.5) is 0 Å². The van der Waals surface area contributed by atoms with E-state index in [0.717, 1.165) is 18.3 Å². The summed E-state index contributed by atoms with van der Waals surface area (Å²) in [6, 6.07) is 0. The normalized spacial score (nSPS) is 45.8. The molecule has 66 valence electrons. The molecule has 1 heteroatoms. The van der Waals surface area contributed by atoms with Crippen LogP contribution in [-0.2, 0) is 0 Å². The van der Waals surface area contributed by atoms with Crippen molar-refractivity contribution in [2.24, 2.45) is 17.6 Å². The standard InChI is InChI=1S/C10H21N/c1-4-10(11)6-8(2)5-9(3)7-10/h8-9H,4-7,11H2,1-3H3. The van der Waals surface area contributed by atoms with Crippen LogP contribution >= 0.6 is 0 Å². The first kappa shape index (κ1) is 9.05. The number of rotatable bonds is 1. The van der Waals surface area contributed by atoms with Crippen molar-refractivity contribution in [3.63, 3.8) is 0 Å². The molecule has 1 saturated carbocycles. The average Bonchev–Trinajstić information content (AvgIpc) is 1.84. The molecule has 0 amide bonds. The molecule has 1 aliphatic rings. The topological polar surface area (TPSA) is 26.0 Å². The highest BCUT2D eigenvalue weighted by molar-refractivity contribution is 4.90. The summed E-state index contributed by atoms with van der Waals surface area (Å²) < 4.78 is 0. The third-order valence-corrected chi connectivity index (χ3v) is 3.02. The van der Waals surface area contributed by atoms with E-state index in [1.807, 2.05) is 0 Å². The van der Waals surface area contributed by atoms with Gasteiger partial charge in [0.15, 0.2) is 0 Å². The summed E-state index contributed by atoms with van der Waals surface area (Å²) in [6.45, 7) is 6.87. The quantitative estimate of drug-likeness (QED) is 0.618. The van der Waals surface area contributed by atoms with E-state index in [1.54, 1.807) is 0 Å². The summed E-state index contributed by atoms with van der Waals surface area (Å²) >= 11 is 0. The number of hydrogen-bond acceptors (Lipinski definition) is 1. The van der Waals surface area contributed by atoms with E-state index in [2.05, 4.69) is 20.8 Å². The summed E-state index contributed by atoms with van der Waals surface area (Å²) in [4.78, 5) is 0. The maximum atomic E-state index is 6.24. The summed E-state index contributed by atoms with van der Waals surface area (Å²) in [7, 11) is 0. The van der Waals surface area contributed by atoms with Gasteiger partial charge in [-0.25, -0.2) is 0 Å². The van der Waals surface area contributed by atoms with E-state index >= 15 is 0 Å². The predicted octanol–water partition coefficient (Wildman–Crippen LogP) is 2.55. The molecule has 0 aromatic carbocycles. The second kappa shape index (κ2) is 3.14. The molecular weight excluding hydrogens is 134 g/mol. The molecule has 2 unspecified atom stereocenters. The van der Waals surface area contributed by atoms with Gasteiger partial charge in [-0.1, -0.05) is 20.8 Å². The minimum Gasteiger partial charge on any atom is -0.325 e. The molecular formula is C10H21N. The van der Waals surface area contributed by atoms with Crippen LogP contribution in [0.3, 0.4) is 0 Å². The second-order valence-electron chi connectivity index (χ2n) is 4.57. The van der Waals surface area contributed by atoms with Crippen molar-refractivity contribution < 1.29 is 0 Å². The first-order chi connectivity index (χ1) is 5.06. The minimum absolute atomic E-state index is 0.164. The average molecular weight is 155 g/mol. The zero-order chi connectivity index (χ0) is 8.48. The highest BCUT2D eigenvalue weighted by atomic mass is 14.7. The van der Waals surface area contributed by atoms with Gasteiger partial charge in [-0.2, -0.15) is 0 Å². The van der Waals surface area contributed by atoms with Gasteiger partial charge >= 0.3 is 0 Å². The van der Waals surface area contributed by atoms with Crippen LogP contribution in [0.5, 0.6) is 0 Å². The van der Waals surface area contributed by atoms with Crippen LogP contribution in [0.1, 0.15) is 46.5 Å². The van der Waals surface area contributed by atoms with Gasteiger partial charge in [-0.05, 0) is 37.5 Å². The summed E-state index contributed by atoms with van der Waals surface area (Å²) in [6.07, 6.45) is 4.97. The first-order valence-electron chi connectivity index (χ1n) is 4.84. The molecule has 1 rings (SSSR count). The van der Waals surface area contributed by atoms with Crippen LogP contribution in [0.25, 0.3) is 0 Å². The summed E-state index contributed by atoms with van der Waals surface area (Å²) in [5.74, 6) is 1.67. The molecule has 0 heterocycles. The molecule has 0 bridgehead atoms. The van der Waals surface area contributed by atoms with Gasteiger partial charge in [0.2, 0.25) is 0 Å². The maximum absolute atomic E-state index is 6.24. The van der Waals surface area contributed by atoms with Crippen molar-refractivity contribution in [1.82, 2.24) is 0 Å². The Kier molecular flexibility index (Phi) is 2.58. The second-order valence-corrected chi connectivity index (χ2v) is 4.57. The Hall–Kier alpha value is -0.0400. The van der Waals surface area contributed by atoms with Crippen molar-refractivity contribution in [3.8, 4) is 0 Å². The Morgan fingerprint density at radius 1 is 1.27 bits per heavy atom. The van der Waals surface area contributed by atoms with Gasteiger partial charge in [-0.3, -0.25) is 0 Å². The monoisotopic (exact) mass is 155 g/mol. The van der Waals surface area contributed by atoms with Crippen molar-refractivity contribution in [2.45, 2.75) is 52.0 Å². The molecule has 0 saturated heterocycles.